The smallest absolute Gasteiger partial charge is 0.306 e. The molecule has 0 saturated carbocycles. The second kappa shape index (κ2) is 60.7. The first-order valence-electron chi connectivity index (χ1n) is 31.3. The minimum atomic E-state index is -0.784. The van der Waals surface area contributed by atoms with Crippen LogP contribution in [0.2, 0.25) is 0 Å². The van der Waals surface area contributed by atoms with E-state index in [2.05, 4.69) is 81.5 Å². The van der Waals surface area contributed by atoms with Gasteiger partial charge >= 0.3 is 17.9 Å². The Kier molecular flexibility index (Phi) is 58.2. The van der Waals surface area contributed by atoms with Crippen molar-refractivity contribution in [3.05, 3.63) is 60.8 Å². The fraction of sp³-hybridized carbons (Fsp3) is 0.803. The molecule has 0 aromatic carbocycles. The van der Waals surface area contributed by atoms with Crippen LogP contribution in [0.5, 0.6) is 0 Å². The molecule has 72 heavy (non-hydrogen) atoms. The third-order valence-corrected chi connectivity index (χ3v) is 13.8. The summed E-state index contributed by atoms with van der Waals surface area (Å²) < 4.78 is 16.9. The first-order valence-corrected chi connectivity index (χ1v) is 31.3. The molecule has 0 aromatic rings. The summed E-state index contributed by atoms with van der Waals surface area (Å²) in [7, 11) is 0. The maximum absolute atomic E-state index is 12.9. The van der Waals surface area contributed by atoms with Crippen molar-refractivity contribution in [2.45, 2.75) is 329 Å². The zero-order valence-corrected chi connectivity index (χ0v) is 47.9. The summed E-state index contributed by atoms with van der Waals surface area (Å²) in [5.74, 6) is -0.884. The Hall–Kier alpha value is -2.89. The molecule has 0 rings (SSSR count). The number of carbonyl (C=O) groups excluding carboxylic acids is 3. The average Bonchev–Trinajstić information content (AvgIpc) is 3.38. The molecule has 0 amide bonds. The maximum Gasteiger partial charge on any atom is 0.306 e. The van der Waals surface area contributed by atoms with E-state index in [0.717, 1.165) is 103 Å². The number of esters is 3. The summed E-state index contributed by atoms with van der Waals surface area (Å²) in [4.78, 5) is 38.3. The molecule has 418 valence electrons. The topological polar surface area (TPSA) is 78.9 Å². The van der Waals surface area contributed by atoms with Gasteiger partial charge in [-0.3, -0.25) is 14.4 Å². The number of allylic oxidation sites excluding steroid dienone is 10. The Morgan fingerprint density at radius 2 is 0.542 bits per heavy atom. The molecule has 6 nitrogen and oxygen atoms in total. The van der Waals surface area contributed by atoms with Crippen molar-refractivity contribution in [1.82, 2.24) is 0 Å². The van der Waals surface area contributed by atoms with Gasteiger partial charge in [0, 0.05) is 19.3 Å². The molecule has 0 radical (unpaired) electrons. The Labute approximate surface area is 447 Å². The number of ether oxygens (including phenoxy) is 3. The molecule has 0 fully saturated rings. The van der Waals surface area contributed by atoms with Gasteiger partial charge in [-0.15, -0.1) is 0 Å². The molecular formula is C66H118O6. The van der Waals surface area contributed by atoms with E-state index in [1.54, 1.807) is 0 Å². The molecule has 1 unspecified atom stereocenters. The van der Waals surface area contributed by atoms with Crippen molar-refractivity contribution >= 4 is 17.9 Å². The summed E-state index contributed by atoms with van der Waals surface area (Å²) >= 11 is 0. The maximum atomic E-state index is 12.9. The van der Waals surface area contributed by atoms with Gasteiger partial charge in [0.2, 0.25) is 0 Å². The van der Waals surface area contributed by atoms with Crippen LogP contribution in [0.3, 0.4) is 0 Å². The summed E-state index contributed by atoms with van der Waals surface area (Å²) in [6, 6.07) is 0. The van der Waals surface area contributed by atoms with Crippen LogP contribution in [-0.4, -0.2) is 37.2 Å². The van der Waals surface area contributed by atoms with Crippen molar-refractivity contribution in [3.8, 4) is 0 Å². The van der Waals surface area contributed by atoms with E-state index in [0.29, 0.717) is 19.3 Å². The minimum absolute atomic E-state index is 0.0790. The predicted molar refractivity (Wildman–Crippen MR) is 312 cm³/mol. The first kappa shape index (κ1) is 69.1. The molecule has 0 aliphatic rings. The fourth-order valence-corrected chi connectivity index (χ4v) is 9.08. The second-order valence-corrected chi connectivity index (χ2v) is 20.9. The summed E-state index contributed by atoms with van der Waals surface area (Å²) in [6.07, 6.45) is 76.4. The lowest BCUT2D eigenvalue weighted by atomic mass is 10.0. The van der Waals surface area contributed by atoms with Crippen molar-refractivity contribution in [3.63, 3.8) is 0 Å². The average molecular weight is 1010 g/mol. The number of rotatable bonds is 57. The highest BCUT2D eigenvalue weighted by Gasteiger charge is 2.19. The number of hydrogen-bond acceptors (Lipinski definition) is 6. The first-order chi connectivity index (χ1) is 35.5. The summed E-state index contributed by atoms with van der Waals surface area (Å²) in [5, 5.41) is 0. The molecule has 0 spiro atoms. The Bertz CT molecular complexity index is 1290. The van der Waals surface area contributed by atoms with E-state index < -0.39 is 6.10 Å². The van der Waals surface area contributed by atoms with E-state index in [1.165, 1.54) is 180 Å². The van der Waals surface area contributed by atoms with Crippen LogP contribution in [0, 0.1) is 0 Å². The lowest BCUT2D eigenvalue weighted by Crippen LogP contribution is -2.30. The van der Waals surface area contributed by atoms with Crippen LogP contribution in [0.4, 0.5) is 0 Å². The number of carbonyl (C=O) groups is 3. The van der Waals surface area contributed by atoms with Crippen molar-refractivity contribution in [1.29, 1.82) is 0 Å². The van der Waals surface area contributed by atoms with Crippen molar-refractivity contribution in [2.24, 2.45) is 0 Å². The SMILES string of the molecule is CC/C=C\C/C=C\C/C=C\C/C=C\CCCCCCCCC(=O)OCC(COC(=O)CCCCCCCCCCCCCCCCCCC)OC(=O)CCCCCCC/C=C\CCCCCCCCCCC. The van der Waals surface area contributed by atoms with Crippen LogP contribution >= 0.6 is 0 Å². The van der Waals surface area contributed by atoms with Crippen molar-refractivity contribution < 1.29 is 28.6 Å². The highest BCUT2D eigenvalue weighted by Crippen LogP contribution is 2.17. The number of hydrogen-bond donors (Lipinski definition) is 0. The van der Waals surface area contributed by atoms with Crippen LogP contribution in [0.15, 0.2) is 60.8 Å². The zero-order chi connectivity index (χ0) is 52.2. The van der Waals surface area contributed by atoms with E-state index >= 15 is 0 Å². The van der Waals surface area contributed by atoms with E-state index in [1.807, 2.05) is 0 Å². The van der Waals surface area contributed by atoms with Gasteiger partial charge in [0.05, 0.1) is 0 Å². The Morgan fingerprint density at radius 3 is 0.861 bits per heavy atom. The van der Waals surface area contributed by atoms with Crippen molar-refractivity contribution in [2.75, 3.05) is 13.2 Å². The lowest BCUT2D eigenvalue weighted by Gasteiger charge is -2.18. The molecule has 1 atom stereocenters. The molecule has 6 heteroatoms. The van der Waals surface area contributed by atoms with E-state index in [-0.39, 0.29) is 31.1 Å². The summed E-state index contributed by atoms with van der Waals surface area (Å²) in [5.41, 5.74) is 0. The third kappa shape index (κ3) is 58.0. The number of unbranched alkanes of at least 4 members (excludes halogenated alkanes) is 36. The molecule has 0 aliphatic carbocycles. The normalized spacial score (nSPS) is 12.4. The van der Waals surface area contributed by atoms with Gasteiger partial charge in [-0.05, 0) is 83.5 Å². The highest BCUT2D eigenvalue weighted by atomic mass is 16.6. The van der Waals surface area contributed by atoms with E-state index in [9.17, 15) is 14.4 Å². The molecule has 0 saturated heterocycles. The minimum Gasteiger partial charge on any atom is -0.462 e. The van der Waals surface area contributed by atoms with Gasteiger partial charge in [-0.2, -0.15) is 0 Å². The molecule has 0 aliphatic heterocycles. The van der Waals surface area contributed by atoms with Crippen LogP contribution < -0.4 is 0 Å². The Balaban J connectivity index is 4.39. The van der Waals surface area contributed by atoms with Gasteiger partial charge in [0.15, 0.2) is 6.10 Å². The fourth-order valence-electron chi connectivity index (χ4n) is 9.08. The third-order valence-electron chi connectivity index (χ3n) is 13.8. The molecule has 0 heterocycles. The Morgan fingerprint density at radius 1 is 0.292 bits per heavy atom. The van der Waals surface area contributed by atoms with Gasteiger partial charge < -0.3 is 14.2 Å². The molecular weight excluding hydrogens is 889 g/mol. The molecule has 0 N–H and O–H groups in total. The quantitative estimate of drug-likeness (QED) is 0.0261. The van der Waals surface area contributed by atoms with Crippen LogP contribution in [0.25, 0.3) is 0 Å². The van der Waals surface area contributed by atoms with Gasteiger partial charge in [0.25, 0.3) is 0 Å². The van der Waals surface area contributed by atoms with Gasteiger partial charge in [-0.1, -0.05) is 281 Å². The summed E-state index contributed by atoms with van der Waals surface area (Å²) in [6.45, 7) is 6.56. The second-order valence-electron chi connectivity index (χ2n) is 20.9. The molecule has 0 aromatic heterocycles. The van der Waals surface area contributed by atoms with Gasteiger partial charge in [0.1, 0.15) is 13.2 Å². The van der Waals surface area contributed by atoms with E-state index in [4.69, 9.17) is 14.2 Å². The largest absolute Gasteiger partial charge is 0.462 e. The highest BCUT2D eigenvalue weighted by molar-refractivity contribution is 5.71. The zero-order valence-electron chi connectivity index (χ0n) is 47.9. The lowest BCUT2D eigenvalue weighted by molar-refractivity contribution is -0.167. The van der Waals surface area contributed by atoms with Crippen LogP contribution in [0.1, 0.15) is 323 Å². The monoisotopic (exact) mass is 1010 g/mol. The van der Waals surface area contributed by atoms with Crippen LogP contribution in [-0.2, 0) is 28.6 Å². The van der Waals surface area contributed by atoms with Gasteiger partial charge in [-0.25, -0.2) is 0 Å². The standard InChI is InChI=1S/C66H118O6/c1-4-7-10-13-16-19-22-25-28-31-33-36-38-41-44-47-50-53-56-59-65(68)71-62-63(61-70-64(67)58-55-52-49-46-43-40-37-34-30-27-24-21-18-15-12-9-6-3)72-66(69)60-57-54-51-48-45-42-39-35-32-29-26-23-20-17-14-11-8-5-2/h7,10,16,19,25,28,33,35-36,39,63H,4-6,8-9,11-15,17-18,20-24,26-27,29-32,34,37-38,40-62H2,1-3H3/b10-7-,19-16-,28-25-,36-33-,39-35-. The molecule has 0 bridgehead atoms. The predicted octanol–water partition coefficient (Wildman–Crippen LogP) is 21.2.